The van der Waals surface area contributed by atoms with Gasteiger partial charge in [-0.2, -0.15) is 5.26 Å². The van der Waals surface area contributed by atoms with Gasteiger partial charge in [0.2, 0.25) is 11.0 Å². The van der Waals surface area contributed by atoms with Gasteiger partial charge in [-0.25, -0.2) is 0 Å². The Morgan fingerprint density at radius 2 is 1.93 bits per heavy atom. The number of hydrogen-bond donors (Lipinski definition) is 2. The van der Waals surface area contributed by atoms with Crippen molar-refractivity contribution >= 4 is 39.8 Å². The second kappa shape index (κ2) is 9.20. The molecule has 8 heteroatoms. The fourth-order valence-electron chi connectivity index (χ4n) is 2.15. The van der Waals surface area contributed by atoms with Crippen LogP contribution in [0.4, 0.5) is 10.8 Å². The van der Waals surface area contributed by atoms with Crippen LogP contribution < -0.4 is 10.6 Å². The van der Waals surface area contributed by atoms with Crippen LogP contribution in [0.3, 0.4) is 0 Å². The molecule has 0 spiro atoms. The molecule has 0 saturated carbocycles. The molecule has 0 bridgehead atoms. The second-order valence-electron chi connectivity index (χ2n) is 7.08. The van der Waals surface area contributed by atoms with Crippen molar-refractivity contribution in [2.45, 2.75) is 50.4 Å². The number of nitrogens with one attached hydrogen (secondary N) is 2. The number of hydrogen-bond acceptors (Lipinski definition) is 7. The Bertz CT molecular complexity index is 810. The quantitative estimate of drug-likeness (QED) is 0.628. The first-order valence-electron chi connectivity index (χ1n) is 8.79. The van der Waals surface area contributed by atoms with Gasteiger partial charge in [-0.15, -0.1) is 10.2 Å². The maximum atomic E-state index is 12.1. The predicted octanol–water partition coefficient (Wildman–Crippen LogP) is 4.55. The maximum Gasteiger partial charge on any atom is 0.231 e. The summed E-state index contributed by atoms with van der Waals surface area (Å²) in [4.78, 5) is 12.1. The van der Waals surface area contributed by atoms with Gasteiger partial charge in [-0.3, -0.25) is 4.79 Å². The molecule has 0 aliphatic heterocycles. The van der Waals surface area contributed by atoms with E-state index in [9.17, 15) is 10.1 Å². The first-order valence-corrected chi connectivity index (χ1v) is 10.6. The molecule has 6 nitrogen and oxygen atoms in total. The van der Waals surface area contributed by atoms with Crippen LogP contribution in [-0.4, -0.2) is 27.4 Å². The van der Waals surface area contributed by atoms with Gasteiger partial charge in [0.1, 0.15) is 5.54 Å². The van der Waals surface area contributed by atoms with Crippen molar-refractivity contribution in [3.63, 3.8) is 0 Å². The Balaban J connectivity index is 1.89. The maximum absolute atomic E-state index is 12.1. The van der Waals surface area contributed by atoms with E-state index in [-0.39, 0.29) is 17.6 Å². The fraction of sp³-hybridized carbons (Fsp3) is 0.474. The van der Waals surface area contributed by atoms with Gasteiger partial charge in [-0.05, 0) is 36.5 Å². The fourth-order valence-corrected chi connectivity index (χ4v) is 3.72. The highest BCUT2D eigenvalue weighted by Crippen LogP contribution is 2.28. The number of benzene rings is 1. The van der Waals surface area contributed by atoms with E-state index < -0.39 is 5.54 Å². The number of carbonyl (C=O) groups excluding carboxylic acids is 1. The average Bonchev–Trinajstić information content (AvgIpc) is 3.07. The number of amides is 1. The van der Waals surface area contributed by atoms with Crippen molar-refractivity contribution in [1.29, 1.82) is 5.26 Å². The van der Waals surface area contributed by atoms with Gasteiger partial charge in [0, 0.05) is 5.69 Å². The zero-order chi connectivity index (χ0) is 20.0. The van der Waals surface area contributed by atoms with Crippen molar-refractivity contribution < 1.29 is 4.79 Å². The molecule has 0 aliphatic carbocycles. The van der Waals surface area contributed by atoms with E-state index in [0.717, 1.165) is 5.69 Å². The lowest BCUT2D eigenvalue weighted by Gasteiger charge is -2.27. The highest BCUT2D eigenvalue weighted by molar-refractivity contribution is 8.01. The number of nitrogens with zero attached hydrogens (tertiary/aromatic N) is 3. The third kappa shape index (κ3) is 5.94. The molecule has 144 valence electrons. The van der Waals surface area contributed by atoms with Gasteiger partial charge in [0.15, 0.2) is 4.34 Å². The molecule has 0 aliphatic rings. The number of aromatic nitrogens is 2. The minimum absolute atomic E-state index is 0.0240. The summed E-state index contributed by atoms with van der Waals surface area (Å²) in [6.07, 6.45) is 0. The van der Waals surface area contributed by atoms with Gasteiger partial charge in [0.05, 0.1) is 11.8 Å². The Kier molecular flexibility index (Phi) is 7.22. The topological polar surface area (TPSA) is 90.7 Å². The average molecular weight is 404 g/mol. The molecule has 0 saturated heterocycles. The summed E-state index contributed by atoms with van der Waals surface area (Å²) in [5.41, 5.74) is 1.37. The van der Waals surface area contributed by atoms with E-state index in [0.29, 0.717) is 15.4 Å². The molecule has 0 unspecified atom stereocenters. The standard InChI is InChI=1S/C19H25N5OS2/c1-12(2)14-6-8-15(9-7-14)21-17-23-24-18(27-17)26-10-16(25)22-19(5,11-20)13(3)4/h6-9,12-13H,10H2,1-5H3,(H,21,23)(H,22,25)/t19-/m1/s1. The van der Waals surface area contributed by atoms with Crippen LogP contribution in [-0.2, 0) is 4.79 Å². The summed E-state index contributed by atoms with van der Waals surface area (Å²) in [5.74, 6) is 0.526. The number of thioether (sulfide) groups is 1. The van der Waals surface area contributed by atoms with E-state index in [4.69, 9.17) is 0 Å². The molecule has 2 aromatic rings. The monoisotopic (exact) mass is 403 g/mol. The highest BCUT2D eigenvalue weighted by Gasteiger charge is 2.29. The first-order chi connectivity index (χ1) is 12.7. The van der Waals surface area contributed by atoms with Crippen molar-refractivity contribution in [2.75, 3.05) is 11.1 Å². The van der Waals surface area contributed by atoms with E-state index in [1.165, 1.54) is 28.7 Å². The van der Waals surface area contributed by atoms with Crippen LogP contribution in [0.15, 0.2) is 28.6 Å². The molecule has 27 heavy (non-hydrogen) atoms. The molecular formula is C19H25N5OS2. The Labute approximate surface area is 168 Å². The Morgan fingerprint density at radius 3 is 2.48 bits per heavy atom. The largest absolute Gasteiger partial charge is 0.337 e. The third-order valence-corrected chi connectivity index (χ3v) is 6.32. The van der Waals surface area contributed by atoms with Gasteiger partial charge >= 0.3 is 0 Å². The molecular weight excluding hydrogens is 378 g/mol. The normalized spacial score (nSPS) is 13.3. The van der Waals surface area contributed by atoms with E-state index in [1.54, 1.807) is 6.92 Å². The predicted molar refractivity (Wildman–Crippen MR) is 111 cm³/mol. The van der Waals surface area contributed by atoms with Gasteiger partial charge < -0.3 is 10.6 Å². The van der Waals surface area contributed by atoms with Crippen LogP contribution in [0.25, 0.3) is 0 Å². The molecule has 1 amide bonds. The number of anilines is 2. The first kappa shape index (κ1) is 21.2. The zero-order valence-corrected chi connectivity index (χ0v) is 17.9. The molecule has 1 aromatic carbocycles. The lowest BCUT2D eigenvalue weighted by molar-refractivity contribution is -0.120. The van der Waals surface area contributed by atoms with Gasteiger partial charge in [0.25, 0.3) is 0 Å². The van der Waals surface area contributed by atoms with Crippen LogP contribution in [0.1, 0.15) is 46.1 Å². The van der Waals surface area contributed by atoms with Crippen molar-refractivity contribution in [3.8, 4) is 6.07 Å². The third-order valence-electron chi connectivity index (χ3n) is 4.35. The molecule has 1 atom stereocenters. The molecule has 1 aromatic heterocycles. The van der Waals surface area contributed by atoms with Crippen molar-refractivity contribution in [2.24, 2.45) is 5.92 Å². The lowest BCUT2D eigenvalue weighted by Crippen LogP contribution is -2.49. The van der Waals surface area contributed by atoms with E-state index in [1.807, 2.05) is 26.0 Å². The summed E-state index contributed by atoms with van der Waals surface area (Å²) in [6.45, 7) is 9.87. The Hall–Kier alpha value is -2.11. The molecule has 2 N–H and O–H groups in total. The van der Waals surface area contributed by atoms with E-state index in [2.05, 4.69) is 52.9 Å². The molecule has 0 fully saturated rings. The summed E-state index contributed by atoms with van der Waals surface area (Å²) < 4.78 is 0.703. The lowest BCUT2D eigenvalue weighted by atomic mass is 9.90. The number of carbonyl (C=O) groups is 1. The number of rotatable bonds is 8. The minimum Gasteiger partial charge on any atom is -0.337 e. The van der Waals surface area contributed by atoms with Crippen LogP contribution in [0, 0.1) is 17.2 Å². The van der Waals surface area contributed by atoms with Gasteiger partial charge in [-0.1, -0.05) is 62.9 Å². The number of nitriles is 1. The van der Waals surface area contributed by atoms with Crippen LogP contribution >= 0.6 is 23.1 Å². The molecule has 0 radical (unpaired) electrons. The second-order valence-corrected chi connectivity index (χ2v) is 9.28. The smallest absolute Gasteiger partial charge is 0.231 e. The van der Waals surface area contributed by atoms with E-state index >= 15 is 0 Å². The SMILES string of the molecule is CC(C)c1ccc(Nc2nnc(SCC(=O)N[C@](C)(C#N)C(C)C)s2)cc1. The zero-order valence-electron chi connectivity index (χ0n) is 16.2. The summed E-state index contributed by atoms with van der Waals surface area (Å²) in [7, 11) is 0. The van der Waals surface area contributed by atoms with Crippen molar-refractivity contribution in [1.82, 2.24) is 15.5 Å². The molecule has 1 heterocycles. The van der Waals surface area contributed by atoms with Crippen LogP contribution in [0.5, 0.6) is 0 Å². The summed E-state index contributed by atoms with van der Waals surface area (Å²) >= 11 is 2.71. The highest BCUT2D eigenvalue weighted by atomic mass is 32.2. The summed E-state index contributed by atoms with van der Waals surface area (Å²) in [5, 5.41) is 24.2. The molecule has 2 rings (SSSR count). The minimum atomic E-state index is -0.867. The van der Waals surface area contributed by atoms with Crippen LogP contribution in [0.2, 0.25) is 0 Å². The Morgan fingerprint density at radius 1 is 1.26 bits per heavy atom. The summed E-state index contributed by atoms with van der Waals surface area (Å²) in [6, 6.07) is 10.4. The van der Waals surface area contributed by atoms with Crippen molar-refractivity contribution in [3.05, 3.63) is 29.8 Å².